The highest BCUT2D eigenvalue weighted by molar-refractivity contribution is 7.99. The molecule has 0 unspecified atom stereocenters. The third kappa shape index (κ3) is 3.82. The number of rotatable bonds is 6. The predicted octanol–water partition coefficient (Wildman–Crippen LogP) is 5.36. The van der Waals surface area contributed by atoms with E-state index in [2.05, 4.69) is 29.3 Å². The van der Waals surface area contributed by atoms with E-state index in [1.165, 1.54) is 18.4 Å². The Hall–Kier alpha value is -2.93. The van der Waals surface area contributed by atoms with Crippen molar-refractivity contribution in [3.63, 3.8) is 0 Å². The zero-order chi connectivity index (χ0) is 19.8. The number of nitrogens with zero attached hydrogens (tertiary/aromatic N) is 5. The van der Waals surface area contributed by atoms with Gasteiger partial charge in [-0.05, 0) is 51.0 Å². The Morgan fingerprint density at radius 3 is 2.52 bits per heavy atom. The number of aromatic nitrogens is 5. The van der Waals surface area contributed by atoms with Gasteiger partial charge in [0.25, 0.3) is 0 Å². The van der Waals surface area contributed by atoms with E-state index in [1.807, 2.05) is 54.1 Å². The average molecular weight is 404 g/mol. The van der Waals surface area contributed by atoms with E-state index >= 15 is 0 Å². The lowest BCUT2D eigenvalue weighted by atomic mass is 10.1. The first-order chi connectivity index (χ1) is 14.2. The summed E-state index contributed by atoms with van der Waals surface area (Å²) in [6.07, 6.45) is 2.35. The molecule has 2 aromatic heterocycles. The van der Waals surface area contributed by atoms with Gasteiger partial charge in [-0.3, -0.25) is 0 Å². The van der Waals surface area contributed by atoms with Gasteiger partial charge in [-0.25, -0.2) is 9.67 Å². The largest absolute Gasteiger partial charge is 0.419 e. The Labute approximate surface area is 173 Å². The van der Waals surface area contributed by atoms with Gasteiger partial charge in [0.15, 0.2) is 0 Å². The Morgan fingerprint density at radius 2 is 1.79 bits per heavy atom. The summed E-state index contributed by atoms with van der Waals surface area (Å²) in [5.74, 6) is 2.66. The van der Waals surface area contributed by atoms with Crippen LogP contribution >= 0.6 is 11.8 Å². The second-order valence-electron chi connectivity index (χ2n) is 7.35. The second-order valence-corrected chi connectivity index (χ2v) is 8.65. The first-order valence-electron chi connectivity index (χ1n) is 9.77. The molecule has 0 bridgehead atoms. The molecule has 7 heteroatoms. The van der Waals surface area contributed by atoms with Crippen LogP contribution in [0.15, 0.2) is 64.2 Å². The molecule has 0 spiro atoms. The van der Waals surface area contributed by atoms with Crippen molar-refractivity contribution >= 4 is 11.8 Å². The summed E-state index contributed by atoms with van der Waals surface area (Å²) in [5, 5.41) is 13.9. The molecule has 1 atom stereocenters. The normalized spacial score (nSPS) is 14.8. The highest BCUT2D eigenvalue weighted by atomic mass is 32.2. The first-order valence-corrected chi connectivity index (χ1v) is 10.6. The monoisotopic (exact) mass is 403 g/mol. The lowest BCUT2D eigenvalue weighted by Gasteiger charge is -2.04. The van der Waals surface area contributed by atoms with E-state index in [-0.39, 0.29) is 5.25 Å². The van der Waals surface area contributed by atoms with Crippen molar-refractivity contribution < 1.29 is 4.42 Å². The molecule has 0 saturated heterocycles. The van der Waals surface area contributed by atoms with E-state index in [1.54, 1.807) is 11.8 Å². The van der Waals surface area contributed by atoms with Gasteiger partial charge in [0.1, 0.15) is 5.82 Å². The molecular formula is C22H21N5OS. The van der Waals surface area contributed by atoms with E-state index in [4.69, 9.17) is 14.5 Å². The van der Waals surface area contributed by atoms with Crippen LogP contribution in [0.25, 0.3) is 17.1 Å². The highest BCUT2D eigenvalue weighted by Gasteiger charge is 2.31. The molecule has 6 nitrogen and oxygen atoms in total. The third-order valence-electron chi connectivity index (χ3n) is 4.93. The highest BCUT2D eigenvalue weighted by Crippen LogP contribution is 2.41. The molecule has 1 aliphatic carbocycles. The number of aryl methyl sites for hydroxylation is 1. The van der Waals surface area contributed by atoms with Crippen molar-refractivity contribution in [3.05, 3.63) is 71.9 Å². The Kier molecular flexibility index (Phi) is 4.67. The molecular weight excluding hydrogens is 382 g/mol. The summed E-state index contributed by atoms with van der Waals surface area (Å²) in [4.78, 5) is 4.81. The maximum Gasteiger partial charge on any atom is 0.247 e. The van der Waals surface area contributed by atoms with Crippen LogP contribution in [0.5, 0.6) is 0 Å². The van der Waals surface area contributed by atoms with Gasteiger partial charge in [0.2, 0.25) is 16.9 Å². The number of para-hydroxylation sites is 1. The minimum Gasteiger partial charge on any atom is -0.419 e. The fourth-order valence-electron chi connectivity index (χ4n) is 3.14. The Balaban J connectivity index is 1.37. The summed E-state index contributed by atoms with van der Waals surface area (Å²) in [7, 11) is 0. The van der Waals surface area contributed by atoms with E-state index in [0.29, 0.717) is 17.7 Å². The summed E-state index contributed by atoms with van der Waals surface area (Å²) < 4.78 is 7.89. The van der Waals surface area contributed by atoms with Crippen LogP contribution < -0.4 is 0 Å². The molecule has 0 amide bonds. The maximum absolute atomic E-state index is 5.92. The summed E-state index contributed by atoms with van der Waals surface area (Å²) in [6, 6.07) is 18.2. The quantitative estimate of drug-likeness (QED) is 0.404. The zero-order valence-corrected chi connectivity index (χ0v) is 17.1. The van der Waals surface area contributed by atoms with Gasteiger partial charge in [-0.15, -0.1) is 15.3 Å². The fraction of sp³-hybridized carbons (Fsp3) is 0.273. The standard InChI is InChI=1S/C22H21N5OS/c1-14-8-10-17(11-9-14)21-25-24-20(28-21)15(2)29-22-23-19(16-12-13-16)27(26-22)18-6-4-3-5-7-18/h3-11,15-16H,12-13H2,1-2H3/t15-/m0/s1. The summed E-state index contributed by atoms with van der Waals surface area (Å²) in [6.45, 7) is 4.09. The van der Waals surface area contributed by atoms with E-state index in [0.717, 1.165) is 22.2 Å². The molecule has 0 radical (unpaired) electrons. The van der Waals surface area contributed by atoms with Gasteiger partial charge >= 0.3 is 0 Å². The van der Waals surface area contributed by atoms with Gasteiger partial charge in [0, 0.05) is 11.5 Å². The van der Waals surface area contributed by atoms with Crippen LogP contribution in [0.3, 0.4) is 0 Å². The van der Waals surface area contributed by atoms with Gasteiger partial charge in [0.05, 0.1) is 10.9 Å². The summed E-state index contributed by atoms with van der Waals surface area (Å²) in [5.41, 5.74) is 3.17. The molecule has 146 valence electrons. The van der Waals surface area contributed by atoms with Crippen molar-refractivity contribution in [2.75, 3.05) is 0 Å². The molecule has 2 heterocycles. The van der Waals surface area contributed by atoms with E-state index in [9.17, 15) is 0 Å². The lowest BCUT2D eigenvalue weighted by molar-refractivity contribution is 0.509. The van der Waals surface area contributed by atoms with Crippen molar-refractivity contribution in [1.82, 2.24) is 25.0 Å². The molecule has 4 aromatic rings. The van der Waals surface area contributed by atoms with Crippen LogP contribution in [0.2, 0.25) is 0 Å². The van der Waals surface area contributed by atoms with Crippen LogP contribution in [0.4, 0.5) is 0 Å². The maximum atomic E-state index is 5.92. The Bertz CT molecular complexity index is 1120. The Morgan fingerprint density at radius 1 is 1.03 bits per heavy atom. The second kappa shape index (κ2) is 7.48. The van der Waals surface area contributed by atoms with Gasteiger partial charge < -0.3 is 4.42 Å². The molecule has 5 rings (SSSR count). The third-order valence-corrected chi connectivity index (χ3v) is 5.86. The molecule has 0 N–H and O–H groups in total. The smallest absolute Gasteiger partial charge is 0.247 e. The first kappa shape index (κ1) is 18.1. The molecule has 1 saturated carbocycles. The topological polar surface area (TPSA) is 69.6 Å². The minimum atomic E-state index is -0.0413. The van der Waals surface area contributed by atoms with Crippen LogP contribution in [0, 0.1) is 6.92 Å². The number of benzene rings is 2. The SMILES string of the molecule is Cc1ccc(-c2nnc([C@H](C)Sc3nc(C4CC4)n(-c4ccccc4)n3)o2)cc1. The molecule has 2 aromatic carbocycles. The van der Waals surface area contributed by atoms with Crippen molar-refractivity contribution in [2.24, 2.45) is 0 Å². The van der Waals surface area contributed by atoms with Crippen LogP contribution in [-0.2, 0) is 0 Å². The van der Waals surface area contributed by atoms with Crippen LogP contribution in [-0.4, -0.2) is 25.0 Å². The number of thioether (sulfide) groups is 1. The fourth-order valence-corrected chi connectivity index (χ4v) is 3.93. The number of hydrogen-bond acceptors (Lipinski definition) is 6. The van der Waals surface area contributed by atoms with Gasteiger partial charge in [-0.2, -0.15) is 0 Å². The van der Waals surface area contributed by atoms with Crippen molar-refractivity contribution in [3.8, 4) is 17.1 Å². The zero-order valence-electron chi connectivity index (χ0n) is 16.3. The van der Waals surface area contributed by atoms with Gasteiger partial charge in [-0.1, -0.05) is 47.7 Å². The average Bonchev–Trinajstić information content (AvgIpc) is 3.31. The molecule has 0 aliphatic heterocycles. The molecule has 1 aliphatic rings. The summed E-state index contributed by atoms with van der Waals surface area (Å²) >= 11 is 1.54. The van der Waals surface area contributed by atoms with Crippen molar-refractivity contribution in [2.45, 2.75) is 43.0 Å². The lowest BCUT2D eigenvalue weighted by Crippen LogP contribution is -2.01. The number of hydrogen-bond donors (Lipinski definition) is 0. The minimum absolute atomic E-state index is 0.0413. The predicted molar refractivity (Wildman–Crippen MR) is 112 cm³/mol. The van der Waals surface area contributed by atoms with E-state index < -0.39 is 0 Å². The molecule has 1 fully saturated rings. The van der Waals surface area contributed by atoms with Crippen LogP contribution in [0.1, 0.15) is 48.2 Å². The molecule has 29 heavy (non-hydrogen) atoms. The van der Waals surface area contributed by atoms with Crippen molar-refractivity contribution in [1.29, 1.82) is 0 Å².